The van der Waals surface area contributed by atoms with Crippen LogP contribution in [-0.2, 0) is 19.0 Å². The molecule has 0 aromatic rings. The fraction of sp³-hybridized carbons (Fsp3) is 0.900. The Hall–Kier alpha value is -0.650. The van der Waals surface area contributed by atoms with Gasteiger partial charge in [-0.2, -0.15) is 0 Å². The van der Waals surface area contributed by atoms with E-state index in [2.05, 4.69) is 9.47 Å². The van der Waals surface area contributed by atoms with Crippen molar-refractivity contribution >= 4 is 5.97 Å². The van der Waals surface area contributed by atoms with Crippen LogP contribution in [0.25, 0.3) is 0 Å². The van der Waals surface area contributed by atoms with E-state index in [9.17, 15) is 4.79 Å². The zero-order valence-electron chi connectivity index (χ0n) is 9.99. The molecule has 0 bridgehead atoms. The van der Waals surface area contributed by atoms with E-state index >= 15 is 0 Å². The lowest BCUT2D eigenvalue weighted by Gasteiger charge is -2.02. The quantitative estimate of drug-likeness (QED) is 0.526. The molecule has 15 heavy (non-hydrogen) atoms. The summed E-state index contributed by atoms with van der Waals surface area (Å²) in [6.45, 7) is 6.66. The van der Waals surface area contributed by atoms with Crippen LogP contribution in [0.3, 0.4) is 0 Å². The number of carbonyl (C=O) groups excluding carboxylic acids is 1. The highest BCUT2D eigenvalue weighted by Crippen LogP contribution is 1.83. The number of rotatable bonds is 6. The van der Waals surface area contributed by atoms with E-state index in [1.54, 1.807) is 7.11 Å². The Bertz CT molecular complexity index is 136. The van der Waals surface area contributed by atoms with E-state index in [1.807, 2.05) is 13.8 Å². The lowest BCUT2D eigenvalue weighted by atomic mass is 10.5. The summed E-state index contributed by atoms with van der Waals surface area (Å²) in [6.07, 6.45) is 0.243. The van der Waals surface area contributed by atoms with Crippen LogP contribution in [0.1, 0.15) is 20.8 Å². The second kappa shape index (κ2) is 13.4. The first-order valence-corrected chi connectivity index (χ1v) is 4.89. The van der Waals surface area contributed by atoms with Gasteiger partial charge in [-0.1, -0.05) is 0 Å². The smallest absolute Gasteiger partial charge is 0.302 e. The first kappa shape index (κ1) is 16.8. The van der Waals surface area contributed by atoms with E-state index < -0.39 is 0 Å². The van der Waals surface area contributed by atoms with Crippen LogP contribution in [0.5, 0.6) is 0 Å². The fourth-order valence-corrected chi connectivity index (χ4v) is 0.557. The second-order valence-electron chi connectivity index (χ2n) is 2.98. The highest BCUT2D eigenvalue weighted by Gasteiger charge is 1.88. The third-order valence-electron chi connectivity index (χ3n) is 1.14. The zero-order valence-corrected chi connectivity index (χ0v) is 9.99. The molecular weight excluding hydrogens is 200 g/mol. The van der Waals surface area contributed by atoms with Gasteiger partial charge in [0, 0.05) is 14.0 Å². The summed E-state index contributed by atoms with van der Waals surface area (Å²) in [5.74, 6) is -0.262. The minimum atomic E-state index is -0.262. The number of methoxy groups -OCH3 is 1. The van der Waals surface area contributed by atoms with E-state index in [0.717, 1.165) is 0 Å². The Kier molecular flexibility index (Phi) is 14.9. The van der Waals surface area contributed by atoms with Crippen molar-refractivity contribution in [3.8, 4) is 0 Å². The molecule has 0 radical (unpaired) electrons. The van der Waals surface area contributed by atoms with Crippen LogP contribution >= 0.6 is 0 Å². The lowest BCUT2D eigenvalue weighted by Crippen LogP contribution is -2.06. The number of hydrogen-bond donors (Lipinski definition) is 1. The molecule has 0 saturated heterocycles. The molecule has 5 nitrogen and oxygen atoms in total. The van der Waals surface area contributed by atoms with Crippen molar-refractivity contribution in [3.63, 3.8) is 0 Å². The average molecular weight is 222 g/mol. The number of ether oxygens (including phenoxy) is 3. The van der Waals surface area contributed by atoms with Crippen LogP contribution in [0, 0.1) is 0 Å². The van der Waals surface area contributed by atoms with Gasteiger partial charge in [0.1, 0.15) is 6.61 Å². The molecule has 92 valence electrons. The maximum atomic E-state index is 10.0. The molecule has 0 aliphatic heterocycles. The van der Waals surface area contributed by atoms with Crippen LogP contribution in [0.4, 0.5) is 0 Å². The van der Waals surface area contributed by atoms with Crippen molar-refractivity contribution in [2.45, 2.75) is 26.9 Å². The fourth-order valence-electron chi connectivity index (χ4n) is 0.557. The molecule has 0 rings (SSSR count). The molecule has 5 heteroatoms. The van der Waals surface area contributed by atoms with Gasteiger partial charge in [0.2, 0.25) is 0 Å². The molecule has 0 amide bonds. The number of aliphatic hydroxyl groups is 1. The predicted octanol–water partition coefficient (Wildman–Crippen LogP) is 0.600. The van der Waals surface area contributed by atoms with Crippen LogP contribution in [0.2, 0.25) is 0 Å². The van der Waals surface area contributed by atoms with Crippen molar-refractivity contribution in [2.24, 2.45) is 0 Å². The molecule has 0 heterocycles. The molecular formula is C10H22O5. The number of carbonyl (C=O) groups is 1. The van der Waals surface area contributed by atoms with Gasteiger partial charge < -0.3 is 19.3 Å². The maximum absolute atomic E-state index is 10.0. The summed E-state index contributed by atoms with van der Waals surface area (Å²) in [4.78, 5) is 10.0. The van der Waals surface area contributed by atoms with Crippen LogP contribution < -0.4 is 0 Å². The van der Waals surface area contributed by atoms with Crippen LogP contribution in [-0.4, -0.2) is 50.7 Å². The minimum absolute atomic E-state index is 0.123. The van der Waals surface area contributed by atoms with Crippen molar-refractivity contribution in [2.75, 3.05) is 33.5 Å². The molecule has 0 unspecified atom stereocenters. The van der Waals surface area contributed by atoms with E-state index in [4.69, 9.17) is 9.84 Å². The predicted molar refractivity (Wildman–Crippen MR) is 56.7 cm³/mol. The summed E-state index contributed by atoms with van der Waals surface area (Å²) in [6, 6.07) is 0. The number of aliphatic hydroxyl groups excluding tert-OH is 1. The van der Waals surface area contributed by atoms with E-state index in [-0.39, 0.29) is 18.7 Å². The first-order valence-electron chi connectivity index (χ1n) is 4.89. The van der Waals surface area contributed by atoms with Gasteiger partial charge in [0.05, 0.1) is 25.9 Å². The number of hydrogen-bond acceptors (Lipinski definition) is 5. The summed E-state index contributed by atoms with van der Waals surface area (Å²) in [7, 11) is 1.56. The molecule has 1 N–H and O–H groups in total. The molecule has 0 spiro atoms. The standard InChI is InChI=1S/C5H10O3.C5H12O2/c1-5(6)8-4-3-7-2;1-5(2)7-4-3-6/h3-4H2,1-2H3;5-6H,3-4H2,1-2H3. The van der Waals surface area contributed by atoms with Gasteiger partial charge in [-0.3, -0.25) is 4.79 Å². The Labute approximate surface area is 91.3 Å². The Balaban J connectivity index is 0. The van der Waals surface area contributed by atoms with Gasteiger partial charge in [0.25, 0.3) is 0 Å². The van der Waals surface area contributed by atoms with Crippen molar-refractivity contribution in [1.82, 2.24) is 0 Å². The Morgan fingerprint density at radius 2 is 1.87 bits per heavy atom. The molecule has 0 atom stereocenters. The molecule has 0 saturated carbocycles. The van der Waals surface area contributed by atoms with Crippen molar-refractivity contribution in [3.05, 3.63) is 0 Å². The average Bonchev–Trinajstić information content (AvgIpc) is 2.15. The normalized spacial score (nSPS) is 9.47. The van der Waals surface area contributed by atoms with Gasteiger partial charge >= 0.3 is 5.97 Å². The third-order valence-corrected chi connectivity index (χ3v) is 1.14. The third kappa shape index (κ3) is 24.7. The van der Waals surface area contributed by atoms with Crippen molar-refractivity contribution in [1.29, 1.82) is 0 Å². The molecule has 0 fully saturated rings. The monoisotopic (exact) mass is 222 g/mol. The van der Waals surface area contributed by atoms with Gasteiger partial charge in [0.15, 0.2) is 0 Å². The molecule has 0 aromatic carbocycles. The zero-order chi connectivity index (χ0) is 12.1. The van der Waals surface area contributed by atoms with Gasteiger partial charge in [-0.25, -0.2) is 0 Å². The molecule has 0 aliphatic carbocycles. The summed E-state index contributed by atoms with van der Waals surface area (Å²) >= 11 is 0. The highest BCUT2D eigenvalue weighted by atomic mass is 16.6. The summed E-state index contributed by atoms with van der Waals surface area (Å²) in [5.41, 5.74) is 0. The number of esters is 1. The minimum Gasteiger partial charge on any atom is -0.463 e. The van der Waals surface area contributed by atoms with Gasteiger partial charge in [-0.05, 0) is 13.8 Å². The largest absolute Gasteiger partial charge is 0.463 e. The van der Waals surface area contributed by atoms with E-state index in [1.165, 1.54) is 6.92 Å². The molecule has 0 aliphatic rings. The first-order chi connectivity index (χ1) is 7.04. The lowest BCUT2D eigenvalue weighted by molar-refractivity contribution is -0.142. The maximum Gasteiger partial charge on any atom is 0.302 e. The van der Waals surface area contributed by atoms with Crippen LogP contribution in [0.15, 0.2) is 0 Å². The highest BCUT2D eigenvalue weighted by molar-refractivity contribution is 5.65. The SMILES string of the molecule is CC(C)OCCO.COCCOC(C)=O. The summed E-state index contributed by atoms with van der Waals surface area (Å²) in [5, 5.41) is 8.19. The Morgan fingerprint density at radius 3 is 2.13 bits per heavy atom. The topological polar surface area (TPSA) is 65.0 Å². The Morgan fingerprint density at radius 1 is 1.27 bits per heavy atom. The second-order valence-corrected chi connectivity index (χ2v) is 2.98. The van der Waals surface area contributed by atoms with Gasteiger partial charge in [-0.15, -0.1) is 0 Å². The van der Waals surface area contributed by atoms with Crippen molar-refractivity contribution < 1.29 is 24.1 Å². The molecule has 0 aromatic heterocycles. The van der Waals surface area contributed by atoms with E-state index in [0.29, 0.717) is 19.8 Å². The summed E-state index contributed by atoms with van der Waals surface area (Å²) < 4.78 is 14.1.